The van der Waals surface area contributed by atoms with E-state index in [2.05, 4.69) is 10.2 Å². The summed E-state index contributed by atoms with van der Waals surface area (Å²) in [6.45, 7) is 3.52. The number of hydrogen-bond donors (Lipinski definition) is 2. The van der Waals surface area contributed by atoms with Gasteiger partial charge in [0.15, 0.2) is 5.78 Å². The summed E-state index contributed by atoms with van der Waals surface area (Å²) in [6, 6.07) is 11.8. The van der Waals surface area contributed by atoms with Crippen LogP contribution in [0.2, 0.25) is 0 Å². The van der Waals surface area contributed by atoms with Gasteiger partial charge in [-0.3, -0.25) is 14.5 Å². The first-order valence-corrected chi connectivity index (χ1v) is 11.7. The fourth-order valence-corrected chi connectivity index (χ4v) is 5.64. The number of amides is 1. The number of aliphatic hydroxyl groups excluding tert-OH is 1. The standard InChI is InChI=1S/C24H30N2O3S/c1-17(27)21-13-18(16-30-21)14-26-12-11-24(22(28)15-26,20-9-3-2-4-10-20)25-23(29)19-7-5-6-8-19/h2-4,9-10,13,16,19,22,28H,5-8,11-12,14-15H2,1H3,(H,25,29)/t22-,24+/m1/s1. The van der Waals surface area contributed by atoms with Gasteiger partial charge in [0, 0.05) is 25.6 Å². The molecule has 0 unspecified atom stereocenters. The molecule has 1 aromatic carbocycles. The lowest BCUT2D eigenvalue weighted by atomic mass is 9.78. The average molecular weight is 427 g/mol. The highest BCUT2D eigenvalue weighted by Crippen LogP contribution is 2.36. The van der Waals surface area contributed by atoms with Crippen molar-refractivity contribution in [3.63, 3.8) is 0 Å². The molecule has 160 valence electrons. The summed E-state index contributed by atoms with van der Waals surface area (Å²) in [5, 5.41) is 16.6. The van der Waals surface area contributed by atoms with Crippen LogP contribution in [0.15, 0.2) is 41.8 Å². The Balaban J connectivity index is 1.51. The number of β-amino-alcohol motifs (C(OH)–C–C–N with tert-alkyl or cyclic N) is 1. The molecular weight excluding hydrogens is 396 g/mol. The number of likely N-dealkylation sites (tertiary alicyclic amines) is 1. The highest BCUT2D eigenvalue weighted by molar-refractivity contribution is 7.12. The third-order valence-electron chi connectivity index (χ3n) is 6.59. The molecule has 2 heterocycles. The lowest BCUT2D eigenvalue weighted by molar-refractivity contribution is -0.131. The van der Waals surface area contributed by atoms with Gasteiger partial charge in [0.25, 0.3) is 0 Å². The molecule has 0 radical (unpaired) electrons. The molecule has 6 heteroatoms. The van der Waals surface area contributed by atoms with Crippen LogP contribution in [0, 0.1) is 5.92 Å². The van der Waals surface area contributed by atoms with Crippen molar-refractivity contribution in [1.82, 2.24) is 10.2 Å². The van der Waals surface area contributed by atoms with Crippen molar-refractivity contribution < 1.29 is 14.7 Å². The minimum absolute atomic E-state index is 0.0617. The second-order valence-corrected chi connectivity index (χ2v) is 9.60. The number of Topliss-reactive ketones (excluding diaryl/α,β-unsaturated/α-hetero) is 1. The largest absolute Gasteiger partial charge is 0.389 e. The minimum atomic E-state index is -0.753. The van der Waals surface area contributed by atoms with Gasteiger partial charge in [-0.05, 0) is 48.8 Å². The summed E-state index contributed by atoms with van der Waals surface area (Å²) in [6.07, 6.45) is 4.04. The van der Waals surface area contributed by atoms with Gasteiger partial charge >= 0.3 is 0 Å². The molecule has 1 aliphatic carbocycles. The third-order valence-corrected chi connectivity index (χ3v) is 7.67. The number of thiophene rings is 1. The van der Waals surface area contributed by atoms with Crippen LogP contribution >= 0.6 is 11.3 Å². The summed E-state index contributed by atoms with van der Waals surface area (Å²) in [5.74, 6) is 0.224. The van der Waals surface area contributed by atoms with Gasteiger partial charge in [-0.1, -0.05) is 43.2 Å². The highest BCUT2D eigenvalue weighted by atomic mass is 32.1. The molecule has 2 aliphatic rings. The van der Waals surface area contributed by atoms with Gasteiger partial charge in [0.05, 0.1) is 16.5 Å². The van der Waals surface area contributed by atoms with E-state index in [-0.39, 0.29) is 17.6 Å². The summed E-state index contributed by atoms with van der Waals surface area (Å²) in [4.78, 5) is 27.6. The van der Waals surface area contributed by atoms with E-state index in [4.69, 9.17) is 0 Å². The third kappa shape index (κ3) is 4.36. The molecule has 1 amide bonds. The number of aliphatic hydroxyl groups is 1. The van der Waals surface area contributed by atoms with Crippen LogP contribution in [0.5, 0.6) is 0 Å². The van der Waals surface area contributed by atoms with E-state index in [1.165, 1.54) is 11.3 Å². The predicted molar refractivity (Wildman–Crippen MR) is 118 cm³/mol. The molecule has 5 nitrogen and oxygen atoms in total. The van der Waals surface area contributed by atoms with Crippen LogP contribution in [0.1, 0.15) is 59.8 Å². The number of benzene rings is 1. The van der Waals surface area contributed by atoms with Gasteiger partial charge in [0.1, 0.15) is 0 Å². The Kier molecular flexibility index (Phi) is 6.37. The molecule has 1 aromatic heterocycles. The van der Waals surface area contributed by atoms with Crippen LogP contribution in [0.25, 0.3) is 0 Å². The van der Waals surface area contributed by atoms with Gasteiger partial charge in [0.2, 0.25) is 5.91 Å². The number of ketones is 1. The lowest BCUT2D eigenvalue weighted by Crippen LogP contribution is -2.62. The number of carbonyl (C=O) groups excluding carboxylic acids is 2. The number of rotatable bonds is 6. The Labute approximate surface area is 182 Å². The summed E-state index contributed by atoms with van der Waals surface area (Å²) in [5.41, 5.74) is 1.31. The van der Waals surface area contributed by atoms with E-state index in [9.17, 15) is 14.7 Å². The monoisotopic (exact) mass is 426 g/mol. The van der Waals surface area contributed by atoms with Gasteiger partial charge in [-0.2, -0.15) is 0 Å². The Morgan fingerprint density at radius 1 is 1.23 bits per heavy atom. The molecule has 0 bridgehead atoms. The first-order chi connectivity index (χ1) is 14.5. The van der Waals surface area contributed by atoms with Crippen molar-refractivity contribution >= 4 is 23.0 Å². The molecule has 1 aliphatic heterocycles. The van der Waals surface area contributed by atoms with Crippen LogP contribution in [-0.2, 0) is 16.9 Å². The van der Waals surface area contributed by atoms with Crippen LogP contribution in [0.3, 0.4) is 0 Å². The van der Waals surface area contributed by atoms with Crippen molar-refractivity contribution in [2.24, 2.45) is 5.92 Å². The van der Waals surface area contributed by atoms with Gasteiger partial charge < -0.3 is 10.4 Å². The second-order valence-electron chi connectivity index (χ2n) is 8.68. The van der Waals surface area contributed by atoms with Crippen molar-refractivity contribution in [3.05, 3.63) is 57.8 Å². The maximum Gasteiger partial charge on any atom is 0.223 e. The predicted octanol–water partition coefficient (Wildman–Crippen LogP) is 3.72. The summed E-state index contributed by atoms with van der Waals surface area (Å²) in [7, 11) is 0. The minimum Gasteiger partial charge on any atom is -0.389 e. The Morgan fingerprint density at radius 3 is 2.60 bits per heavy atom. The number of piperidine rings is 1. The fourth-order valence-electron chi connectivity index (χ4n) is 4.84. The second kappa shape index (κ2) is 9.00. The topological polar surface area (TPSA) is 69.6 Å². The number of hydrogen-bond acceptors (Lipinski definition) is 5. The molecule has 2 atom stereocenters. The van der Waals surface area contributed by atoms with Crippen LogP contribution < -0.4 is 5.32 Å². The normalized spacial score (nSPS) is 25.3. The van der Waals surface area contributed by atoms with E-state index in [0.717, 1.165) is 48.2 Å². The molecule has 30 heavy (non-hydrogen) atoms. The molecular formula is C24H30N2O3S. The Morgan fingerprint density at radius 2 is 1.97 bits per heavy atom. The first kappa shape index (κ1) is 21.2. The molecule has 4 rings (SSSR count). The van der Waals surface area contributed by atoms with Gasteiger partial charge in [-0.15, -0.1) is 11.3 Å². The van der Waals surface area contributed by atoms with E-state index < -0.39 is 11.6 Å². The van der Waals surface area contributed by atoms with Crippen molar-refractivity contribution in [2.45, 2.75) is 57.2 Å². The lowest BCUT2D eigenvalue weighted by Gasteiger charge is -2.46. The quantitative estimate of drug-likeness (QED) is 0.691. The van der Waals surface area contributed by atoms with E-state index in [1.807, 2.05) is 41.8 Å². The van der Waals surface area contributed by atoms with Crippen molar-refractivity contribution in [3.8, 4) is 0 Å². The zero-order valence-corrected chi connectivity index (χ0v) is 18.3. The van der Waals surface area contributed by atoms with E-state index >= 15 is 0 Å². The number of carbonyl (C=O) groups is 2. The Bertz CT molecular complexity index is 891. The zero-order chi connectivity index (χ0) is 21.1. The molecule has 2 N–H and O–H groups in total. The van der Waals surface area contributed by atoms with Crippen LogP contribution in [-0.4, -0.2) is 40.9 Å². The van der Waals surface area contributed by atoms with Gasteiger partial charge in [-0.25, -0.2) is 0 Å². The molecule has 0 spiro atoms. The zero-order valence-electron chi connectivity index (χ0n) is 17.5. The molecule has 1 saturated heterocycles. The fraction of sp³-hybridized carbons (Fsp3) is 0.500. The summed E-state index contributed by atoms with van der Waals surface area (Å²) >= 11 is 1.47. The summed E-state index contributed by atoms with van der Waals surface area (Å²) < 4.78 is 0. The smallest absolute Gasteiger partial charge is 0.223 e. The SMILES string of the molecule is CC(=O)c1cc(CN2CC[C@](NC(=O)C3CCCC3)(c3ccccc3)[C@H](O)C2)cs1. The Hall–Kier alpha value is -2.02. The first-order valence-electron chi connectivity index (χ1n) is 10.8. The van der Waals surface area contributed by atoms with E-state index in [0.29, 0.717) is 19.5 Å². The van der Waals surface area contributed by atoms with E-state index in [1.54, 1.807) is 6.92 Å². The average Bonchev–Trinajstić information content (AvgIpc) is 3.43. The van der Waals surface area contributed by atoms with Crippen molar-refractivity contribution in [2.75, 3.05) is 13.1 Å². The number of nitrogens with one attached hydrogen (secondary N) is 1. The van der Waals surface area contributed by atoms with Crippen molar-refractivity contribution in [1.29, 1.82) is 0 Å². The molecule has 2 fully saturated rings. The molecule has 2 aromatic rings. The number of nitrogens with zero attached hydrogens (tertiary/aromatic N) is 1. The highest BCUT2D eigenvalue weighted by Gasteiger charge is 2.45. The molecule has 1 saturated carbocycles. The maximum absolute atomic E-state index is 13.0. The van der Waals surface area contributed by atoms with Crippen LogP contribution in [0.4, 0.5) is 0 Å². The maximum atomic E-state index is 13.0.